The van der Waals surface area contributed by atoms with Gasteiger partial charge in [0.15, 0.2) is 0 Å². The van der Waals surface area contributed by atoms with Crippen LogP contribution in [0.3, 0.4) is 0 Å². The molecule has 0 spiro atoms. The van der Waals surface area contributed by atoms with Crippen LogP contribution in [0.15, 0.2) is 60.3 Å². The standard InChI is InChI=1S/C22H24N2O2/c1-5-23(18-9-7-6-8-10-18)20-19(17-13-11-16(4)12-14-17)21(25)24(15(2)3)22(20)26/h6-15H,5H2,1-4H3. The summed E-state index contributed by atoms with van der Waals surface area (Å²) >= 11 is 0. The number of para-hydroxylation sites is 1. The Morgan fingerprint density at radius 3 is 2.08 bits per heavy atom. The first-order valence-electron chi connectivity index (χ1n) is 8.97. The minimum atomic E-state index is -0.230. The van der Waals surface area contributed by atoms with Crippen molar-refractivity contribution in [3.63, 3.8) is 0 Å². The van der Waals surface area contributed by atoms with E-state index in [2.05, 4.69) is 0 Å². The summed E-state index contributed by atoms with van der Waals surface area (Å²) in [5.74, 6) is -0.454. The summed E-state index contributed by atoms with van der Waals surface area (Å²) in [6, 6.07) is 17.3. The molecule has 4 heteroatoms. The predicted octanol–water partition coefficient (Wildman–Crippen LogP) is 4.01. The highest BCUT2D eigenvalue weighted by Crippen LogP contribution is 2.35. The van der Waals surface area contributed by atoms with Gasteiger partial charge in [0.2, 0.25) is 0 Å². The summed E-state index contributed by atoms with van der Waals surface area (Å²) in [4.78, 5) is 29.6. The zero-order valence-electron chi connectivity index (χ0n) is 15.7. The average Bonchev–Trinajstić information content (AvgIpc) is 2.88. The summed E-state index contributed by atoms with van der Waals surface area (Å²) in [5.41, 5.74) is 3.74. The Morgan fingerprint density at radius 2 is 1.54 bits per heavy atom. The number of anilines is 1. The summed E-state index contributed by atoms with van der Waals surface area (Å²) in [7, 11) is 0. The van der Waals surface area contributed by atoms with Crippen LogP contribution in [0.2, 0.25) is 0 Å². The van der Waals surface area contributed by atoms with Crippen LogP contribution in [0.4, 0.5) is 5.69 Å². The van der Waals surface area contributed by atoms with Crippen LogP contribution in [0.25, 0.3) is 5.57 Å². The Morgan fingerprint density at radius 1 is 0.923 bits per heavy atom. The van der Waals surface area contributed by atoms with Gasteiger partial charge in [-0.1, -0.05) is 48.0 Å². The number of amides is 2. The molecular weight excluding hydrogens is 324 g/mol. The van der Waals surface area contributed by atoms with Crippen molar-refractivity contribution >= 4 is 23.1 Å². The highest BCUT2D eigenvalue weighted by molar-refractivity contribution is 6.36. The lowest BCUT2D eigenvalue weighted by Gasteiger charge is -2.25. The normalized spacial score (nSPS) is 14.6. The van der Waals surface area contributed by atoms with E-state index in [0.29, 0.717) is 17.8 Å². The van der Waals surface area contributed by atoms with Crippen molar-refractivity contribution in [2.45, 2.75) is 33.7 Å². The van der Waals surface area contributed by atoms with Crippen molar-refractivity contribution in [2.24, 2.45) is 0 Å². The SMILES string of the molecule is CCN(C1=C(c2ccc(C)cc2)C(=O)N(C(C)C)C1=O)c1ccccc1. The number of hydrogen-bond donors (Lipinski definition) is 0. The number of benzene rings is 2. The Kier molecular flexibility index (Phi) is 4.94. The van der Waals surface area contributed by atoms with Gasteiger partial charge in [-0.25, -0.2) is 0 Å². The van der Waals surface area contributed by atoms with Gasteiger partial charge in [0.25, 0.3) is 11.8 Å². The fourth-order valence-electron chi connectivity index (χ4n) is 3.31. The van der Waals surface area contributed by atoms with E-state index in [4.69, 9.17) is 0 Å². The van der Waals surface area contributed by atoms with E-state index in [0.717, 1.165) is 16.8 Å². The molecule has 2 amide bonds. The molecule has 0 fully saturated rings. The van der Waals surface area contributed by atoms with Crippen LogP contribution in [-0.4, -0.2) is 29.3 Å². The molecule has 1 aliphatic rings. The minimum absolute atomic E-state index is 0.192. The van der Waals surface area contributed by atoms with E-state index < -0.39 is 0 Å². The first-order valence-corrected chi connectivity index (χ1v) is 8.97. The monoisotopic (exact) mass is 348 g/mol. The molecule has 26 heavy (non-hydrogen) atoms. The summed E-state index contributed by atoms with van der Waals surface area (Å²) in [6.07, 6.45) is 0. The molecule has 2 aromatic rings. The van der Waals surface area contributed by atoms with Gasteiger partial charge in [0.1, 0.15) is 5.70 Å². The maximum Gasteiger partial charge on any atom is 0.278 e. The van der Waals surface area contributed by atoms with Gasteiger partial charge < -0.3 is 4.90 Å². The quantitative estimate of drug-likeness (QED) is 0.767. The van der Waals surface area contributed by atoms with Crippen molar-refractivity contribution in [1.82, 2.24) is 4.90 Å². The van der Waals surface area contributed by atoms with Crippen molar-refractivity contribution in [2.75, 3.05) is 11.4 Å². The van der Waals surface area contributed by atoms with Gasteiger partial charge in [-0.2, -0.15) is 0 Å². The van der Waals surface area contributed by atoms with E-state index >= 15 is 0 Å². The number of likely N-dealkylation sites (N-methyl/N-ethyl adjacent to an activating group) is 1. The molecule has 4 nitrogen and oxygen atoms in total. The Bertz CT molecular complexity index is 851. The molecule has 0 saturated heterocycles. The van der Waals surface area contributed by atoms with Gasteiger partial charge in [0, 0.05) is 18.3 Å². The lowest BCUT2D eigenvalue weighted by molar-refractivity contribution is -0.138. The molecule has 0 atom stereocenters. The van der Waals surface area contributed by atoms with E-state index in [9.17, 15) is 9.59 Å². The van der Waals surface area contributed by atoms with E-state index in [1.54, 1.807) is 0 Å². The van der Waals surface area contributed by atoms with Gasteiger partial charge in [-0.3, -0.25) is 14.5 Å². The highest BCUT2D eigenvalue weighted by atomic mass is 16.2. The first kappa shape index (κ1) is 17.9. The molecule has 0 radical (unpaired) electrons. The molecule has 3 rings (SSSR count). The summed E-state index contributed by atoms with van der Waals surface area (Å²) < 4.78 is 0. The van der Waals surface area contributed by atoms with Crippen molar-refractivity contribution < 1.29 is 9.59 Å². The molecule has 0 saturated carbocycles. The second-order valence-electron chi connectivity index (χ2n) is 6.74. The van der Waals surface area contributed by atoms with Crippen LogP contribution < -0.4 is 4.90 Å². The molecule has 0 N–H and O–H groups in total. The molecule has 0 aromatic heterocycles. The topological polar surface area (TPSA) is 40.6 Å². The number of rotatable bonds is 5. The summed E-state index contributed by atoms with van der Waals surface area (Å²) in [6.45, 7) is 8.32. The third kappa shape index (κ3) is 3.03. The maximum atomic E-state index is 13.2. The average molecular weight is 348 g/mol. The highest BCUT2D eigenvalue weighted by Gasteiger charge is 2.42. The third-order valence-corrected chi connectivity index (χ3v) is 4.60. The van der Waals surface area contributed by atoms with Crippen molar-refractivity contribution in [3.05, 3.63) is 71.4 Å². The Hall–Kier alpha value is -2.88. The molecule has 134 valence electrons. The minimum Gasteiger partial charge on any atom is -0.337 e. The van der Waals surface area contributed by atoms with E-state index in [-0.39, 0.29) is 17.9 Å². The zero-order valence-corrected chi connectivity index (χ0v) is 15.7. The van der Waals surface area contributed by atoms with Crippen LogP contribution in [0, 0.1) is 6.92 Å². The molecule has 0 aliphatic carbocycles. The molecule has 1 aliphatic heterocycles. The zero-order chi connectivity index (χ0) is 18.8. The van der Waals surface area contributed by atoms with Gasteiger partial charge in [0.05, 0.1) is 5.57 Å². The van der Waals surface area contributed by atoms with E-state index in [1.807, 2.05) is 87.2 Å². The first-order chi connectivity index (χ1) is 12.5. The fraction of sp³-hybridized carbons (Fsp3) is 0.273. The molecule has 0 unspecified atom stereocenters. The largest absolute Gasteiger partial charge is 0.337 e. The van der Waals surface area contributed by atoms with E-state index in [1.165, 1.54) is 4.90 Å². The fourth-order valence-corrected chi connectivity index (χ4v) is 3.31. The van der Waals surface area contributed by atoms with Gasteiger partial charge >= 0.3 is 0 Å². The van der Waals surface area contributed by atoms with Crippen LogP contribution in [0.5, 0.6) is 0 Å². The maximum absolute atomic E-state index is 13.2. The number of carbonyl (C=O) groups is 2. The molecule has 1 heterocycles. The number of carbonyl (C=O) groups excluding carboxylic acids is 2. The van der Waals surface area contributed by atoms with Crippen LogP contribution in [-0.2, 0) is 9.59 Å². The lowest BCUT2D eigenvalue weighted by Crippen LogP contribution is -2.39. The van der Waals surface area contributed by atoms with Crippen LogP contribution in [0.1, 0.15) is 31.9 Å². The number of hydrogen-bond acceptors (Lipinski definition) is 3. The predicted molar refractivity (Wildman–Crippen MR) is 105 cm³/mol. The van der Waals surface area contributed by atoms with Gasteiger partial charge in [-0.05, 0) is 45.4 Å². The second kappa shape index (κ2) is 7.16. The number of aryl methyl sites for hydroxylation is 1. The number of nitrogens with zero attached hydrogens (tertiary/aromatic N) is 2. The van der Waals surface area contributed by atoms with Gasteiger partial charge in [-0.15, -0.1) is 0 Å². The smallest absolute Gasteiger partial charge is 0.278 e. The molecule has 0 bridgehead atoms. The number of imide groups is 1. The van der Waals surface area contributed by atoms with Crippen molar-refractivity contribution in [3.8, 4) is 0 Å². The molecule has 2 aromatic carbocycles. The lowest BCUT2D eigenvalue weighted by atomic mass is 10.0. The second-order valence-corrected chi connectivity index (χ2v) is 6.74. The van der Waals surface area contributed by atoms with Crippen LogP contribution >= 0.6 is 0 Å². The Balaban J connectivity index is 2.21. The third-order valence-electron chi connectivity index (χ3n) is 4.60. The Labute approximate surface area is 154 Å². The summed E-state index contributed by atoms with van der Waals surface area (Å²) in [5, 5.41) is 0. The van der Waals surface area contributed by atoms with Crippen molar-refractivity contribution in [1.29, 1.82) is 0 Å². The molecular formula is C22H24N2O2.